The van der Waals surface area contributed by atoms with Gasteiger partial charge in [0.15, 0.2) is 0 Å². The first-order chi connectivity index (χ1) is 7.49. The third-order valence-electron chi connectivity index (χ3n) is 2.62. The molecule has 1 N–H and O–H groups in total. The fraction of sp³-hybridized carbons (Fsp3) is 0.538. The molecule has 1 rings (SSSR count). The maximum atomic E-state index is 12.1. The van der Waals surface area contributed by atoms with Crippen LogP contribution in [0, 0.1) is 0 Å². The molecular weight excluding hydrogens is 208 g/mol. The summed E-state index contributed by atoms with van der Waals surface area (Å²) in [6, 6.07) is 10.1. The summed E-state index contributed by atoms with van der Waals surface area (Å²) < 4.78 is 24.1. The van der Waals surface area contributed by atoms with Gasteiger partial charge in [-0.2, -0.15) is 0 Å². The number of halogens is 2. The van der Waals surface area contributed by atoms with Gasteiger partial charge in [0.05, 0.1) is 6.54 Å². The van der Waals surface area contributed by atoms with E-state index in [0.717, 1.165) is 12.8 Å². The predicted molar refractivity (Wildman–Crippen MR) is 62.8 cm³/mol. The second-order valence-corrected chi connectivity index (χ2v) is 4.64. The van der Waals surface area contributed by atoms with Crippen LogP contribution in [0.25, 0.3) is 0 Å². The summed E-state index contributed by atoms with van der Waals surface area (Å²) in [6.45, 7) is 3.68. The zero-order valence-corrected chi connectivity index (χ0v) is 9.84. The third kappa shape index (κ3) is 5.21. The van der Waals surface area contributed by atoms with E-state index in [-0.39, 0.29) is 12.1 Å². The maximum absolute atomic E-state index is 12.1. The van der Waals surface area contributed by atoms with Gasteiger partial charge >= 0.3 is 0 Å². The van der Waals surface area contributed by atoms with E-state index >= 15 is 0 Å². The van der Waals surface area contributed by atoms with Crippen LogP contribution in [0.2, 0.25) is 0 Å². The summed E-state index contributed by atoms with van der Waals surface area (Å²) in [5, 5.41) is 2.88. The molecule has 1 aromatic rings. The molecule has 0 radical (unpaired) electrons. The number of hydrogen-bond acceptors (Lipinski definition) is 1. The molecule has 0 amide bonds. The van der Waals surface area contributed by atoms with E-state index in [0.29, 0.717) is 0 Å². The Hall–Kier alpha value is -0.960. The Morgan fingerprint density at radius 3 is 2.38 bits per heavy atom. The van der Waals surface area contributed by atoms with Crippen LogP contribution in [0.1, 0.15) is 25.8 Å². The highest BCUT2D eigenvalue weighted by molar-refractivity contribution is 5.15. The van der Waals surface area contributed by atoms with E-state index in [2.05, 4.69) is 17.4 Å². The SMILES string of the molecule is CC(C)(CCc1ccccc1)NCC(F)F. The molecule has 0 atom stereocenters. The average Bonchev–Trinajstić information content (AvgIpc) is 2.26. The molecule has 0 bridgehead atoms. The molecule has 90 valence electrons. The van der Waals surface area contributed by atoms with Crippen molar-refractivity contribution in [3.63, 3.8) is 0 Å². The molecule has 0 unspecified atom stereocenters. The molecule has 0 aliphatic carbocycles. The zero-order valence-electron chi connectivity index (χ0n) is 9.84. The average molecular weight is 227 g/mol. The third-order valence-corrected chi connectivity index (χ3v) is 2.62. The van der Waals surface area contributed by atoms with Crippen LogP contribution < -0.4 is 5.32 Å². The number of hydrogen-bond donors (Lipinski definition) is 1. The van der Waals surface area contributed by atoms with Gasteiger partial charge in [0.2, 0.25) is 0 Å². The largest absolute Gasteiger partial charge is 0.306 e. The molecule has 0 aromatic heterocycles. The normalized spacial score (nSPS) is 12.1. The molecule has 0 saturated heterocycles. The Morgan fingerprint density at radius 2 is 1.81 bits per heavy atom. The quantitative estimate of drug-likeness (QED) is 0.786. The van der Waals surface area contributed by atoms with Crippen molar-refractivity contribution in [3.8, 4) is 0 Å². The first-order valence-electron chi connectivity index (χ1n) is 5.57. The van der Waals surface area contributed by atoms with Crippen molar-refractivity contribution < 1.29 is 8.78 Å². The lowest BCUT2D eigenvalue weighted by atomic mass is 9.95. The summed E-state index contributed by atoms with van der Waals surface area (Å²) in [4.78, 5) is 0. The smallest absolute Gasteiger partial charge is 0.250 e. The van der Waals surface area contributed by atoms with Gasteiger partial charge in [-0.15, -0.1) is 0 Å². The Balaban J connectivity index is 2.36. The molecule has 0 spiro atoms. The van der Waals surface area contributed by atoms with Gasteiger partial charge in [-0.05, 0) is 32.3 Å². The molecule has 0 fully saturated rings. The second-order valence-electron chi connectivity index (χ2n) is 4.64. The maximum Gasteiger partial charge on any atom is 0.250 e. The van der Waals surface area contributed by atoms with Crippen LogP contribution in [-0.2, 0) is 6.42 Å². The molecule has 16 heavy (non-hydrogen) atoms. The zero-order chi connectivity index (χ0) is 12.0. The molecular formula is C13H19F2N. The van der Waals surface area contributed by atoms with E-state index in [1.807, 2.05) is 32.0 Å². The van der Waals surface area contributed by atoms with E-state index in [9.17, 15) is 8.78 Å². The molecule has 0 saturated carbocycles. The van der Waals surface area contributed by atoms with Crippen molar-refractivity contribution in [1.82, 2.24) is 5.32 Å². The number of rotatable bonds is 6. The van der Waals surface area contributed by atoms with Crippen LogP contribution in [0.5, 0.6) is 0 Å². The van der Waals surface area contributed by atoms with Crippen molar-refractivity contribution in [2.75, 3.05) is 6.54 Å². The van der Waals surface area contributed by atoms with E-state index < -0.39 is 6.43 Å². The van der Waals surface area contributed by atoms with Crippen LogP contribution in [0.4, 0.5) is 8.78 Å². The van der Waals surface area contributed by atoms with Gasteiger partial charge in [0.25, 0.3) is 6.43 Å². The minimum Gasteiger partial charge on any atom is -0.306 e. The Kier molecular flexibility index (Phi) is 4.87. The minimum absolute atomic E-state index is 0.234. The standard InChI is InChI=1S/C13H19F2N/c1-13(2,16-10-12(14)15)9-8-11-6-4-3-5-7-11/h3-7,12,16H,8-10H2,1-2H3. The fourth-order valence-electron chi connectivity index (χ4n) is 1.54. The topological polar surface area (TPSA) is 12.0 Å². The highest BCUT2D eigenvalue weighted by Gasteiger charge is 2.18. The van der Waals surface area contributed by atoms with Gasteiger partial charge in [-0.1, -0.05) is 30.3 Å². The lowest BCUT2D eigenvalue weighted by Gasteiger charge is -2.26. The number of alkyl halides is 2. The van der Waals surface area contributed by atoms with E-state index in [4.69, 9.17) is 0 Å². The summed E-state index contributed by atoms with van der Waals surface area (Å²) in [5.74, 6) is 0. The van der Waals surface area contributed by atoms with Crippen molar-refractivity contribution in [2.45, 2.75) is 38.7 Å². The van der Waals surface area contributed by atoms with Crippen LogP contribution in [0.3, 0.4) is 0 Å². The minimum atomic E-state index is -2.28. The first kappa shape index (κ1) is 13.1. The van der Waals surface area contributed by atoms with Gasteiger partial charge in [-0.25, -0.2) is 8.78 Å². The highest BCUT2D eigenvalue weighted by Crippen LogP contribution is 2.13. The Labute approximate surface area is 95.9 Å². The first-order valence-corrected chi connectivity index (χ1v) is 5.57. The monoisotopic (exact) mass is 227 g/mol. The van der Waals surface area contributed by atoms with Gasteiger partial charge in [-0.3, -0.25) is 0 Å². The molecule has 1 aromatic carbocycles. The van der Waals surface area contributed by atoms with Crippen molar-refractivity contribution >= 4 is 0 Å². The molecule has 0 heterocycles. The van der Waals surface area contributed by atoms with E-state index in [1.54, 1.807) is 0 Å². The summed E-state index contributed by atoms with van der Waals surface area (Å²) in [6.07, 6.45) is -0.524. The molecule has 3 heteroatoms. The second kappa shape index (κ2) is 5.94. The van der Waals surface area contributed by atoms with Crippen LogP contribution in [0.15, 0.2) is 30.3 Å². The van der Waals surface area contributed by atoms with Gasteiger partial charge in [0.1, 0.15) is 0 Å². The summed E-state index contributed by atoms with van der Waals surface area (Å²) >= 11 is 0. The number of nitrogens with one attached hydrogen (secondary N) is 1. The molecule has 1 nitrogen and oxygen atoms in total. The van der Waals surface area contributed by atoms with E-state index in [1.165, 1.54) is 5.56 Å². The van der Waals surface area contributed by atoms with Gasteiger partial charge in [0, 0.05) is 5.54 Å². The van der Waals surface area contributed by atoms with Crippen LogP contribution >= 0.6 is 0 Å². The lowest BCUT2D eigenvalue weighted by Crippen LogP contribution is -2.42. The molecule has 0 aliphatic rings. The van der Waals surface area contributed by atoms with Gasteiger partial charge < -0.3 is 5.32 Å². The summed E-state index contributed by atoms with van der Waals surface area (Å²) in [5.41, 5.74) is 1.00. The predicted octanol–water partition coefficient (Wildman–Crippen LogP) is 3.25. The fourth-order valence-corrected chi connectivity index (χ4v) is 1.54. The number of benzene rings is 1. The van der Waals surface area contributed by atoms with Crippen LogP contribution in [-0.4, -0.2) is 18.5 Å². The van der Waals surface area contributed by atoms with Crippen molar-refractivity contribution in [3.05, 3.63) is 35.9 Å². The molecule has 0 aliphatic heterocycles. The summed E-state index contributed by atoms with van der Waals surface area (Å²) in [7, 11) is 0. The Morgan fingerprint density at radius 1 is 1.19 bits per heavy atom. The lowest BCUT2D eigenvalue weighted by molar-refractivity contribution is 0.132. The Bertz CT molecular complexity index is 296. The van der Waals surface area contributed by atoms with Crippen molar-refractivity contribution in [2.24, 2.45) is 0 Å². The number of aryl methyl sites for hydroxylation is 1. The highest BCUT2D eigenvalue weighted by atomic mass is 19.3. The van der Waals surface area contributed by atoms with Crippen molar-refractivity contribution in [1.29, 1.82) is 0 Å².